The van der Waals surface area contributed by atoms with Gasteiger partial charge in [-0.25, -0.2) is 4.98 Å². The van der Waals surface area contributed by atoms with Crippen molar-refractivity contribution in [2.75, 3.05) is 6.54 Å². The number of thiazole rings is 1. The number of nitrogens with zero attached hydrogens (tertiary/aromatic N) is 3. The highest BCUT2D eigenvalue weighted by atomic mass is 35.5. The summed E-state index contributed by atoms with van der Waals surface area (Å²) in [5.74, 6) is -0.724. The Morgan fingerprint density at radius 1 is 1.26 bits per heavy atom. The van der Waals surface area contributed by atoms with Crippen LogP contribution in [0.25, 0.3) is 10.4 Å². The molecular weight excluding hydrogens is 488 g/mol. The Morgan fingerprint density at radius 3 is 2.54 bits per heavy atom. The molecule has 0 saturated carbocycles. The van der Waals surface area contributed by atoms with E-state index in [2.05, 4.69) is 15.5 Å². The minimum Gasteiger partial charge on any atom is -0.391 e. The molecule has 1 unspecified atom stereocenters. The summed E-state index contributed by atoms with van der Waals surface area (Å²) in [7, 11) is 0. The van der Waals surface area contributed by atoms with Gasteiger partial charge in [-0.1, -0.05) is 54.9 Å². The average Bonchev–Trinajstić information content (AvgIpc) is 3.53. The van der Waals surface area contributed by atoms with Gasteiger partial charge in [-0.15, -0.1) is 11.3 Å². The van der Waals surface area contributed by atoms with E-state index >= 15 is 0 Å². The molecule has 0 spiro atoms. The number of rotatable bonds is 7. The van der Waals surface area contributed by atoms with Crippen LogP contribution in [0.5, 0.6) is 0 Å². The molecule has 35 heavy (non-hydrogen) atoms. The molecule has 4 rings (SSSR count). The Morgan fingerprint density at radius 2 is 1.97 bits per heavy atom. The molecule has 186 valence electrons. The van der Waals surface area contributed by atoms with Crippen molar-refractivity contribution >= 4 is 34.8 Å². The molecule has 0 aliphatic carbocycles. The number of benzene rings is 1. The summed E-state index contributed by atoms with van der Waals surface area (Å²) in [6, 6.07) is 8.45. The third-order valence-electron chi connectivity index (χ3n) is 6.31. The lowest BCUT2D eigenvalue weighted by Crippen LogP contribution is -2.48. The number of hydrogen-bond donors (Lipinski definition) is 2. The minimum absolute atomic E-state index is 0.0687. The standard InChI is InChI=1S/C25H29ClN4O4S/c1-13(2)21(20-9-14(3)29-34-20)25(33)30-11-18(31)10-19(30)24(32)28-15(4)16-5-7-17(8-6-16)22-23(26)27-12-35-22/h5-9,12-13,15,18-19,21,31H,10-11H2,1-4H3,(H,28,32)/t15?,18-,19+,21-/m1/s1. The maximum absolute atomic E-state index is 13.5. The first-order valence-corrected chi connectivity index (χ1v) is 12.8. The van der Waals surface area contributed by atoms with Crippen LogP contribution in [0.1, 0.15) is 56.2 Å². The molecule has 1 aromatic carbocycles. The summed E-state index contributed by atoms with van der Waals surface area (Å²) in [6.45, 7) is 7.63. The molecule has 1 aliphatic rings. The summed E-state index contributed by atoms with van der Waals surface area (Å²) in [4.78, 5) is 33.2. The van der Waals surface area contributed by atoms with Gasteiger partial charge in [-0.3, -0.25) is 9.59 Å². The van der Waals surface area contributed by atoms with Crippen LogP contribution < -0.4 is 5.32 Å². The number of amides is 2. The molecule has 8 nitrogen and oxygen atoms in total. The van der Waals surface area contributed by atoms with Crippen LogP contribution in [0, 0.1) is 12.8 Å². The molecule has 2 aromatic heterocycles. The van der Waals surface area contributed by atoms with Gasteiger partial charge in [0, 0.05) is 19.0 Å². The molecule has 1 aliphatic heterocycles. The van der Waals surface area contributed by atoms with Crippen molar-refractivity contribution in [1.82, 2.24) is 20.4 Å². The number of aliphatic hydroxyl groups is 1. The molecule has 1 saturated heterocycles. The Bertz CT molecular complexity index is 1190. The molecule has 0 bridgehead atoms. The van der Waals surface area contributed by atoms with Crippen LogP contribution in [0.4, 0.5) is 0 Å². The number of β-amino-alcohol motifs (C(OH)–C–C–N with tert-alkyl or cyclic N) is 1. The Hall–Kier alpha value is -2.75. The predicted octanol–water partition coefficient (Wildman–Crippen LogP) is 4.34. The minimum atomic E-state index is -0.766. The molecular formula is C25H29ClN4O4S. The van der Waals surface area contributed by atoms with Crippen molar-refractivity contribution < 1.29 is 19.2 Å². The van der Waals surface area contributed by atoms with Gasteiger partial charge in [0.1, 0.15) is 22.9 Å². The third kappa shape index (κ3) is 5.42. The number of nitrogens with one attached hydrogen (secondary N) is 1. The number of hydrogen-bond acceptors (Lipinski definition) is 7. The van der Waals surface area contributed by atoms with Crippen LogP contribution in [0.15, 0.2) is 40.4 Å². The summed E-state index contributed by atoms with van der Waals surface area (Å²) in [6.07, 6.45) is -0.578. The van der Waals surface area contributed by atoms with Gasteiger partial charge in [0.15, 0.2) is 0 Å². The van der Waals surface area contributed by atoms with E-state index in [4.69, 9.17) is 16.1 Å². The summed E-state index contributed by atoms with van der Waals surface area (Å²) in [5.41, 5.74) is 4.26. The predicted molar refractivity (Wildman–Crippen MR) is 134 cm³/mol. The van der Waals surface area contributed by atoms with Gasteiger partial charge >= 0.3 is 0 Å². The molecule has 10 heteroatoms. The third-order valence-corrected chi connectivity index (χ3v) is 7.58. The fourth-order valence-corrected chi connectivity index (χ4v) is 5.52. The van der Waals surface area contributed by atoms with Gasteiger partial charge in [0.25, 0.3) is 0 Å². The van der Waals surface area contributed by atoms with E-state index in [0.29, 0.717) is 16.6 Å². The topological polar surface area (TPSA) is 109 Å². The molecule has 1 fully saturated rings. The lowest BCUT2D eigenvalue weighted by atomic mass is 9.91. The van der Waals surface area contributed by atoms with Crippen LogP contribution in [0.2, 0.25) is 5.15 Å². The summed E-state index contributed by atoms with van der Waals surface area (Å²) < 4.78 is 5.39. The summed E-state index contributed by atoms with van der Waals surface area (Å²) >= 11 is 7.60. The van der Waals surface area contributed by atoms with Crippen molar-refractivity contribution in [3.8, 4) is 10.4 Å². The van der Waals surface area contributed by atoms with Crippen molar-refractivity contribution in [2.45, 2.75) is 58.2 Å². The van der Waals surface area contributed by atoms with Gasteiger partial charge in [0.2, 0.25) is 11.8 Å². The smallest absolute Gasteiger partial charge is 0.243 e. The Labute approximate surface area is 213 Å². The highest BCUT2D eigenvalue weighted by Crippen LogP contribution is 2.33. The van der Waals surface area contributed by atoms with Crippen molar-refractivity contribution in [3.05, 3.63) is 58.0 Å². The van der Waals surface area contributed by atoms with E-state index in [-0.39, 0.29) is 36.7 Å². The SMILES string of the molecule is Cc1cc([C@H](C(=O)N2C[C@H](O)C[C@H]2C(=O)NC(C)c2ccc(-c3scnc3Cl)cc2)C(C)C)on1. The fourth-order valence-electron chi connectivity index (χ4n) is 4.49. The van der Waals surface area contributed by atoms with Gasteiger partial charge < -0.3 is 19.8 Å². The lowest BCUT2D eigenvalue weighted by molar-refractivity contribution is -0.141. The number of aliphatic hydroxyl groups excluding tert-OH is 1. The highest BCUT2D eigenvalue weighted by molar-refractivity contribution is 7.13. The van der Waals surface area contributed by atoms with Crippen molar-refractivity contribution in [3.63, 3.8) is 0 Å². The second-order valence-electron chi connectivity index (χ2n) is 9.31. The maximum atomic E-state index is 13.5. The molecule has 2 N–H and O–H groups in total. The second-order valence-corrected chi connectivity index (χ2v) is 10.5. The molecule has 0 radical (unpaired) electrons. The first kappa shape index (κ1) is 25.3. The number of carbonyl (C=O) groups is 2. The Balaban J connectivity index is 1.47. The zero-order valence-electron chi connectivity index (χ0n) is 20.1. The first-order chi connectivity index (χ1) is 16.7. The summed E-state index contributed by atoms with van der Waals surface area (Å²) in [5, 5.41) is 17.7. The van der Waals surface area contributed by atoms with Crippen LogP contribution in [0.3, 0.4) is 0 Å². The van der Waals surface area contributed by atoms with Gasteiger partial charge in [-0.2, -0.15) is 0 Å². The number of aromatic nitrogens is 2. The van der Waals surface area contributed by atoms with Crippen molar-refractivity contribution in [2.24, 2.45) is 5.92 Å². The van der Waals surface area contributed by atoms with Crippen LogP contribution >= 0.6 is 22.9 Å². The van der Waals surface area contributed by atoms with E-state index in [1.54, 1.807) is 18.5 Å². The van der Waals surface area contributed by atoms with E-state index < -0.39 is 18.1 Å². The zero-order valence-corrected chi connectivity index (χ0v) is 21.6. The van der Waals surface area contributed by atoms with E-state index in [0.717, 1.165) is 16.0 Å². The number of aryl methyl sites for hydroxylation is 1. The highest BCUT2D eigenvalue weighted by Gasteiger charge is 2.43. The van der Waals surface area contributed by atoms with Gasteiger partial charge in [0.05, 0.1) is 28.2 Å². The normalized spacial score (nSPS) is 19.7. The maximum Gasteiger partial charge on any atom is 0.243 e. The number of likely N-dealkylation sites (tertiary alicyclic amines) is 1. The average molecular weight is 517 g/mol. The Kier molecular flexibility index (Phi) is 7.59. The molecule has 3 aromatic rings. The largest absolute Gasteiger partial charge is 0.391 e. The monoisotopic (exact) mass is 516 g/mol. The van der Waals surface area contributed by atoms with E-state index in [9.17, 15) is 14.7 Å². The first-order valence-electron chi connectivity index (χ1n) is 11.6. The quantitative estimate of drug-likeness (QED) is 0.483. The number of carbonyl (C=O) groups excluding carboxylic acids is 2. The van der Waals surface area contributed by atoms with Crippen LogP contribution in [-0.2, 0) is 9.59 Å². The van der Waals surface area contributed by atoms with Gasteiger partial charge in [-0.05, 0) is 30.9 Å². The number of halogens is 1. The fraction of sp³-hybridized carbons (Fsp3) is 0.440. The zero-order chi connectivity index (χ0) is 25.3. The van der Waals surface area contributed by atoms with E-state index in [1.807, 2.05) is 45.0 Å². The molecule has 4 atom stereocenters. The van der Waals surface area contributed by atoms with Crippen molar-refractivity contribution in [1.29, 1.82) is 0 Å². The molecule has 2 amide bonds. The van der Waals surface area contributed by atoms with Crippen LogP contribution in [-0.4, -0.2) is 50.7 Å². The lowest BCUT2D eigenvalue weighted by Gasteiger charge is -2.29. The van der Waals surface area contributed by atoms with E-state index in [1.165, 1.54) is 16.2 Å². The second kappa shape index (κ2) is 10.5. The molecule has 3 heterocycles.